The minimum absolute atomic E-state index is 0.00361. The van der Waals surface area contributed by atoms with Gasteiger partial charge in [-0.15, -0.1) is 0 Å². The average molecular weight is 473 g/mol. The highest BCUT2D eigenvalue weighted by Crippen LogP contribution is 2.30. The molecule has 9 N–H and O–H groups in total. The molecular formula is C26H32N8O. The minimum atomic E-state index is -0.334. The number of amides is 1. The summed E-state index contributed by atoms with van der Waals surface area (Å²) in [6, 6.07) is 13.3. The maximum absolute atomic E-state index is 13.2. The second-order valence-corrected chi connectivity index (χ2v) is 9.46. The van der Waals surface area contributed by atoms with E-state index >= 15 is 0 Å². The van der Waals surface area contributed by atoms with Gasteiger partial charge in [-0.3, -0.25) is 9.89 Å². The SMILES string of the molecule is NCC1CCC(C(=O)NC(Cc2ccccc2N)c2nc(-c3ccc4c(N)n[nH]c4c3)c[nH]2)CC1. The minimum Gasteiger partial charge on any atom is -0.399 e. The summed E-state index contributed by atoms with van der Waals surface area (Å²) in [4.78, 5) is 21.4. The van der Waals surface area contributed by atoms with Gasteiger partial charge < -0.3 is 27.5 Å². The number of aromatic amines is 2. The van der Waals surface area contributed by atoms with Gasteiger partial charge in [0, 0.05) is 35.2 Å². The van der Waals surface area contributed by atoms with Gasteiger partial charge >= 0.3 is 0 Å². The number of imidazole rings is 1. The number of anilines is 2. The lowest BCUT2D eigenvalue weighted by atomic mass is 9.81. The van der Waals surface area contributed by atoms with Crippen LogP contribution in [0.3, 0.4) is 0 Å². The predicted molar refractivity (Wildman–Crippen MR) is 138 cm³/mol. The Hall–Kier alpha value is -3.85. The molecule has 1 amide bonds. The van der Waals surface area contributed by atoms with E-state index in [9.17, 15) is 4.79 Å². The smallest absolute Gasteiger partial charge is 0.223 e. The van der Waals surface area contributed by atoms with E-state index in [4.69, 9.17) is 22.2 Å². The Morgan fingerprint density at radius 2 is 1.91 bits per heavy atom. The standard InChI is InChI=1S/C26H32N8O/c27-13-15-5-7-16(8-6-15)26(35)32-22(11-17-3-1-2-4-20(17)28)25-30-14-23(31-25)18-9-10-19-21(12-18)33-34-24(19)29/h1-4,9-10,12,14-16,22H,5-8,11,13,27-28H2,(H,30,31)(H,32,35)(H3,29,33,34). The number of nitrogen functional groups attached to an aromatic ring is 2. The second kappa shape index (κ2) is 9.79. The van der Waals surface area contributed by atoms with Gasteiger partial charge in [0.2, 0.25) is 5.91 Å². The lowest BCUT2D eigenvalue weighted by Crippen LogP contribution is -2.37. The third-order valence-electron chi connectivity index (χ3n) is 7.16. The molecule has 4 aromatic rings. The average Bonchev–Trinajstić information content (AvgIpc) is 3.52. The molecule has 9 nitrogen and oxygen atoms in total. The van der Waals surface area contributed by atoms with E-state index in [0.717, 1.165) is 53.4 Å². The molecule has 5 rings (SSSR count). The third-order valence-corrected chi connectivity index (χ3v) is 7.16. The van der Waals surface area contributed by atoms with Crippen molar-refractivity contribution in [3.05, 3.63) is 60.0 Å². The number of benzene rings is 2. The maximum atomic E-state index is 13.2. The molecule has 1 unspecified atom stereocenters. The topological polar surface area (TPSA) is 165 Å². The molecule has 2 aromatic heterocycles. The number of H-pyrrole nitrogens is 2. The van der Waals surface area contributed by atoms with Crippen LogP contribution in [0.1, 0.15) is 43.1 Å². The molecule has 9 heteroatoms. The van der Waals surface area contributed by atoms with Crippen LogP contribution in [0.2, 0.25) is 0 Å². The van der Waals surface area contributed by atoms with Gasteiger partial charge in [-0.1, -0.05) is 24.3 Å². The zero-order valence-corrected chi connectivity index (χ0v) is 19.6. The first-order valence-corrected chi connectivity index (χ1v) is 12.1. The van der Waals surface area contributed by atoms with Crippen molar-refractivity contribution in [3.8, 4) is 11.3 Å². The molecule has 182 valence electrons. The van der Waals surface area contributed by atoms with Gasteiger partial charge in [0.1, 0.15) is 5.82 Å². The molecule has 0 bridgehead atoms. The fourth-order valence-corrected chi connectivity index (χ4v) is 4.97. The Morgan fingerprint density at radius 1 is 1.11 bits per heavy atom. The first-order valence-electron chi connectivity index (χ1n) is 12.1. The Labute approximate surface area is 203 Å². The van der Waals surface area contributed by atoms with Crippen LogP contribution in [-0.4, -0.2) is 32.6 Å². The summed E-state index contributed by atoms with van der Waals surface area (Å²) < 4.78 is 0. The molecule has 0 saturated heterocycles. The molecule has 1 aliphatic rings. The number of carbonyl (C=O) groups is 1. The number of nitrogens with zero attached hydrogens (tertiary/aromatic N) is 2. The summed E-state index contributed by atoms with van der Waals surface area (Å²) in [5.41, 5.74) is 22.2. The van der Waals surface area contributed by atoms with Crippen LogP contribution in [0.15, 0.2) is 48.7 Å². The van der Waals surface area contributed by atoms with Gasteiger partial charge in [-0.2, -0.15) is 5.10 Å². The Balaban J connectivity index is 1.39. The van der Waals surface area contributed by atoms with Gasteiger partial charge in [0.25, 0.3) is 0 Å². The van der Waals surface area contributed by atoms with E-state index in [2.05, 4.69) is 20.5 Å². The molecule has 0 radical (unpaired) electrons. The fourth-order valence-electron chi connectivity index (χ4n) is 4.97. The highest BCUT2D eigenvalue weighted by molar-refractivity contribution is 5.91. The Morgan fingerprint density at radius 3 is 2.69 bits per heavy atom. The summed E-state index contributed by atoms with van der Waals surface area (Å²) in [5, 5.41) is 11.1. The normalized spacial score (nSPS) is 19.0. The number of hydrogen-bond donors (Lipinski definition) is 6. The largest absolute Gasteiger partial charge is 0.399 e. The third kappa shape index (κ3) is 4.85. The summed E-state index contributed by atoms with van der Waals surface area (Å²) in [7, 11) is 0. The van der Waals surface area contributed by atoms with Gasteiger partial charge in [0.05, 0.1) is 17.3 Å². The monoisotopic (exact) mass is 472 g/mol. The first-order chi connectivity index (χ1) is 17.0. The van der Waals surface area contributed by atoms with Crippen molar-refractivity contribution >= 4 is 28.3 Å². The fraction of sp³-hybridized carbons (Fsp3) is 0.346. The lowest BCUT2D eigenvalue weighted by Gasteiger charge is -2.28. The van der Waals surface area contributed by atoms with E-state index in [1.54, 1.807) is 0 Å². The number of nitrogens with one attached hydrogen (secondary N) is 3. The molecule has 0 spiro atoms. The molecule has 1 saturated carbocycles. The second-order valence-electron chi connectivity index (χ2n) is 9.46. The molecular weight excluding hydrogens is 440 g/mol. The van der Waals surface area contributed by atoms with Gasteiger partial charge in [-0.05, 0) is 61.9 Å². The number of hydrogen-bond acceptors (Lipinski definition) is 6. The van der Waals surface area contributed by atoms with Crippen molar-refractivity contribution in [2.75, 3.05) is 18.0 Å². The van der Waals surface area contributed by atoms with Crippen LogP contribution < -0.4 is 22.5 Å². The van der Waals surface area contributed by atoms with Crippen LogP contribution in [0.5, 0.6) is 0 Å². The molecule has 2 aromatic carbocycles. The summed E-state index contributed by atoms with van der Waals surface area (Å²) in [6.45, 7) is 0.691. The number of aromatic nitrogens is 4. The van der Waals surface area contributed by atoms with E-state index in [-0.39, 0.29) is 17.9 Å². The number of para-hydroxylation sites is 1. The Bertz CT molecular complexity index is 1320. The number of rotatable bonds is 7. The van der Waals surface area contributed by atoms with Crippen LogP contribution in [0.25, 0.3) is 22.2 Å². The highest BCUT2D eigenvalue weighted by atomic mass is 16.2. The van der Waals surface area contributed by atoms with E-state index in [0.29, 0.717) is 36.2 Å². The van der Waals surface area contributed by atoms with Crippen molar-refractivity contribution < 1.29 is 4.79 Å². The molecule has 0 aliphatic heterocycles. The van der Waals surface area contributed by atoms with Crippen molar-refractivity contribution in [1.82, 2.24) is 25.5 Å². The lowest BCUT2D eigenvalue weighted by molar-refractivity contribution is -0.127. The predicted octanol–water partition coefficient (Wildman–Crippen LogP) is 3.28. The zero-order chi connectivity index (χ0) is 24.4. The van der Waals surface area contributed by atoms with Crippen LogP contribution in [-0.2, 0) is 11.2 Å². The maximum Gasteiger partial charge on any atom is 0.223 e. The Kier molecular flexibility index (Phi) is 6.41. The van der Waals surface area contributed by atoms with Crippen molar-refractivity contribution in [1.29, 1.82) is 0 Å². The van der Waals surface area contributed by atoms with Crippen molar-refractivity contribution in [3.63, 3.8) is 0 Å². The van der Waals surface area contributed by atoms with Crippen LogP contribution in [0, 0.1) is 11.8 Å². The highest BCUT2D eigenvalue weighted by Gasteiger charge is 2.28. The molecule has 1 atom stereocenters. The van der Waals surface area contributed by atoms with Crippen molar-refractivity contribution in [2.45, 2.75) is 38.1 Å². The number of carbonyl (C=O) groups excluding carboxylic acids is 1. The van der Waals surface area contributed by atoms with E-state index in [1.807, 2.05) is 48.7 Å². The molecule has 2 heterocycles. The van der Waals surface area contributed by atoms with Crippen LogP contribution in [0.4, 0.5) is 11.5 Å². The number of fused-ring (bicyclic) bond motifs is 1. The van der Waals surface area contributed by atoms with E-state index in [1.165, 1.54) is 0 Å². The summed E-state index contributed by atoms with van der Waals surface area (Å²) in [6.07, 6.45) is 6.12. The summed E-state index contributed by atoms with van der Waals surface area (Å²) in [5.74, 6) is 1.74. The van der Waals surface area contributed by atoms with Gasteiger partial charge in [-0.25, -0.2) is 4.98 Å². The van der Waals surface area contributed by atoms with Gasteiger partial charge in [0.15, 0.2) is 5.82 Å². The molecule has 35 heavy (non-hydrogen) atoms. The molecule has 1 aliphatic carbocycles. The number of nitrogens with two attached hydrogens (primary N) is 3. The van der Waals surface area contributed by atoms with E-state index < -0.39 is 0 Å². The van der Waals surface area contributed by atoms with Crippen molar-refractivity contribution in [2.24, 2.45) is 17.6 Å². The first kappa shape index (κ1) is 22.9. The zero-order valence-electron chi connectivity index (χ0n) is 19.6. The molecule has 1 fully saturated rings. The van der Waals surface area contributed by atoms with Crippen LogP contribution >= 0.6 is 0 Å². The quantitative estimate of drug-likeness (QED) is 0.226. The summed E-state index contributed by atoms with van der Waals surface area (Å²) >= 11 is 0.